The lowest BCUT2D eigenvalue weighted by molar-refractivity contribution is 0.483. The van der Waals surface area contributed by atoms with E-state index in [1.165, 1.54) is 0 Å². The van der Waals surface area contributed by atoms with Gasteiger partial charge in [-0.2, -0.15) is 5.26 Å². The van der Waals surface area contributed by atoms with Gasteiger partial charge in [0.2, 0.25) is 0 Å². The number of hydrogen-bond acceptors (Lipinski definition) is 4. The van der Waals surface area contributed by atoms with Crippen LogP contribution in [-0.2, 0) is 0 Å². The smallest absolute Gasteiger partial charge is 0.163 e. The number of halogens is 2. The quantitative estimate of drug-likeness (QED) is 0.770. The minimum atomic E-state index is 0.298. The van der Waals surface area contributed by atoms with Gasteiger partial charge in [-0.1, -0.05) is 40.5 Å². The summed E-state index contributed by atoms with van der Waals surface area (Å²) in [4.78, 5) is 0. The Morgan fingerprint density at radius 2 is 1.86 bits per heavy atom. The van der Waals surface area contributed by atoms with Crippen LogP contribution in [0.15, 0.2) is 42.5 Å². The highest BCUT2D eigenvalue weighted by Crippen LogP contribution is 2.31. The third-order valence-electron chi connectivity index (χ3n) is 2.89. The van der Waals surface area contributed by atoms with Crippen molar-refractivity contribution in [2.24, 2.45) is 0 Å². The van der Waals surface area contributed by atoms with Crippen molar-refractivity contribution in [2.75, 3.05) is 0 Å². The fraction of sp³-hybridized carbons (Fsp3) is 0. The fourth-order valence-corrected chi connectivity index (χ4v) is 2.18. The summed E-state index contributed by atoms with van der Waals surface area (Å²) < 4.78 is 5.74. The molecule has 22 heavy (non-hydrogen) atoms. The summed E-state index contributed by atoms with van der Waals surface area (Å²) in [5.41, 5.74) is 1.50. The highest BCUT2D eigenvalue weighted by atomic mass is 35.5. The summed E-state index contributed by atoms with van der Waals surface area (Å²) >= 11 is 11.8. The zero-order valence-electron chi connectivity index (χ0n) is 11.0. The highest BCUT2D eigenvalue weighted by molar-refractivity contribution is 6.42. The normalized spacial score (nSPS) is 10.2. The number of H-pyrrole nitrogens is 1. The number of aromatic nitrogens is 3. The van der Waals surface area contributed by atoms with Crippen LogP contribution in [0, 0.1) is 11.3 Å². The predicted molar refractivity (Wildman–Crippen MR) is 83.1 cm³/mol. The van der Waals surface area contributed by atoms with Gasteiger partial charge in [0.25, 0.3) is 0 Å². The Bertz CT molecular complexity index is 870. The summed E-state index contributed by atoms with van der Waals surface area (Å²) in [7, 11) is 0. The molecular weight excluding hydrogens is 323 g/mol. The number of benzene rings is 2. The van der Waals surface area contributed by atoms with E-state index in [-0.39, 0.29) is 0 Å². The molecule has 108 valence electrons. The molecular formula is C15H8Cl2N4O. The predicted octanol–water partition coefficient (Wildman–Crippen LogP) is 4.44. The van der Waals surface area contributed by atoms with Crippen LogP contribution in [-0.4, -0.2) is 15.4 Å². The van der Waals surface area contributed by atoms with Crippen molar-refractivity contribution in [1.82, 2.24) is 15.4 Å². The molecule has 1 N–H and O–H groups in total. The molecule has 0 aliphatic heterocycles. The van der Waals surface area contributed by atoms with E-state index >= 15 is 0 Å². The number of aromatic amines is 1. The summed E-state index contributed by atoms with van der Waals surface area (Å²) in [6.07, 6.45) is 0. The van der Waals surface area contributed by atoms with Crippen LogP contribution < -0.4 is 4.74 Å². The Kier molecular flexibility index (Phi) is 3.96. The second-order valence-corrected chi connectivity index (χ2v) is 5.17. The summed E-state index contributed by atoms with van der Waals surface area (Å²) in [6, 6.07) is 14.2. The molecule has 0 unspecified atom stereocenters. The zero-order valence-corrected chi connectivity index (χ0v) is 12.6. The van der Waals surface area contributed by atoms with Crippen molar-refractivity contribution < 1.29 is 4.74 Å². The molecule has 0 atom stereocenters. The third kappa shape index (κ3) is 2.89. The summed E-state index contributed by atoms with van der Waals surface area (Å²) in [6.45, 7) is 0. The van der Waals surface area contributed by atoms with Crippen molar-refractivity contribution in [3.05, 3.63) is 58.2 Å². The van der Waals surface area contributed by atoms with Gasteiger partial charge in [-0.05, 0) is 24.3 Å². The van der Waals surface area contributed by atoms with Gasteiger partial charge in [0.1, 0.15) is 23.3 Å². The largest absolute Gasteiger partial charge is 0.457 e. The van der Waals surface area contributed by atoms with E-state index in [4.69, 9.17) is 33.2 Å². The Morgan fingerprint density at radius 3 is 2.64 bits per heavy atom. The number of ether oxygens (including phenoxy) is 1. The number of nitrogens with one attached hydrogen (secondary N) is 1. The van der Waals surface area contributed by atoms with E-state index < -0.39 is 0 Å². The van der Waals surface area contributed by atoms with Crippen LogP contribution >= 0.6 is 23.2 Å². The van der Waals surface area contributed by atoms with Crippen LogP contribution in [0.3, 0.4) is 0 Å². The summed E-state index contributed by atoms with van der Waals surface area (Å²) in [5, 5.41) is 20.0. The van der Waals surface area contributed by atoms with Gasteiger partial charge in [0.15, 0.2) is 5.69 Å². The van der Waals surface area contributed by atoms with E-state index in [9.17, 15) is 0 Å². The minimum Gasteiger partial charge on any atom is -0.457 e. The Labute approximate surface area is 136 Å². The van der Waals surface area contributed by atoms with Crippen molar-refractivity contribution in [2.45, 2.75) is 0 Å². The van der Waals surface area contributed by atoms with Crippen LogP contribution in [0.1, 0.15) is 5.69 Å². The topological polar surface area (TPSA) is 74.6 Å². The van der Waals surface area contributed by atoms with E-state index in [2.05, 4.69) is 15.4 Å². The molecule has 0 fully saturated rings. The van der Waals surface area contributed by atoms with Crippen molar-refractivity contribution >= 4 is 23.2 Å². The molecule has 5 nitrogen and oxygen atoms in total. The molecule has 0 saturated carbocycles. The molecule has 0 bridgehead atoms. The second-order valence-electron chi connectivity index (χ2n) is 4.35. The van der Waals surface area contributed by atoms with Gasteiger partial charge in [-0.3, -0.25) is 0 Å². The Morgan fingerprint density at radius 1 is 1.05 bits per heavy atom. The van der Waals surface area contributed by atoms with E-state index in [1.807, 2.05) is 12.1 Å². The minimum absolute atomic E-state index is 0.298. The average Bonchev–Trinajstić information content (AvgIpc) is 3.00. The molecule has 0 aliphatic carbocycles. The van der Waals surface area contributed by atoms with Crippen molar-refractivity contribution in [1.29, 1.82) is 5.26 Å². The van der Waals surface area contributed by atoms with Crippen LogP contribution in [0.5, 0.6) is 11.5 Å². The molecule has 0 aliphatic rings. The van der Waals surface area contributed by atoms with Gasteiger partial charge in [0, 0.05) is 11.6 Å². The van der Waals surface area contributed by atoms with Crippen molar-refractivity contribution in [3.63, 3.8) is 0 Å². The number of hydrogen-bond donors (Lipinski definition) is 1. The monoisotopic (exact) mass is 330 g/mol. The van der Waals surface area contributed by atoms with Crippen LogP contribution in [0.2, 0.25) is 10.0 Å². The van der Waals surface area contributed by atoms with Gasteiger partial charge in [0.05, 0.1) is 10.0 Å². The second kappa shape index (κ2) is 6.06. The van der Waals surface area contributed by atoms with Gasteiger partial charge in [-0.25, -0.2) is 5.10 Å². The van der Waals surface area contributed by atoms with E-state index in [0.29, 0.717) is 32.9 Å². The first kappa shape index (κ1) is 14.4. The summed E-state index contributed by atoms with van der Waals surface area (Å²) in [5.74, 6) is 1.15. The lowest BCUT2D eigenvalue weighted by atomic mass is 10.1. The molecule has 2 aromatic carbocycles. The fourth-order valence-electron chi connectivity index (χ4n) is 1.89. The lowest BCUT2D eigenvalue weighted by Crippen LogP contribution is -1.87. The standard InChI is InChI=1S/C15H8Cl2N4O/c16-12-5-4-11(7-13(12)17)22-10-3-1-2-9(6-10)15-14(8-18)19-21-20-15/h1-7H,(H,19,20,21). The first-order valence-corrected chi connectivity index (χ1v) is 6.97. The molecule has 3 rings (SSSR count). The van der Waals surface area contributed by atoms with Crippen LogP contribution in [0.4, 0.5) is 0 Å². The number of nitriles is 1. The third-order valence-corrected chi connectivity index (χ3v) is 3.63. The molecule has 0 radical (unpaired) electrons. The maximum Gasteiger partial charge on any atom is 0.163 e. The lowest BCUT2D eigenvalue weighted by Gasteiger charge is -2.07. The van der Waals surface area contributed by atoms with Crippen molar-refractivity contribution in [3.8, 4) is 28.8 Å². The SMILES string of the molecule is N#Cc1[nH]nnc1-c1cccc(Oc2ccc(Cl)c(Cl)c2)c1. The maximum atomic E-state index is 9.01. The van der Waals surface area contributed by atoms with Gasteiger partial charge in [-0.15, -0.1) is 5.10 Å². The zero-order chi connectivity index (χ0) is 15.5. The first-order chi connectivity index (χ1) is 10.7. The van der Waals surface area contributed by atoms with Gasteiger partial charge >= 0.3 is 0 Å². The van der Waals surface area contributed by atoms with Gasteiger partial charge < -0.3 is 4.74 Å². The molecule has 0 amide bonds. The molecule has 3 aromatic rings. The highest BCUT2D eigenvalue weighted by Gasteiger charge is 2.10. The van der Waals surface area contributed by atoms with E-state index in [1.54, 1.807) is 36.4 Å². The number of nitrogens with zero attached hydrogens (tertiary/aromatic N) is 3. The van der Waals surface area contributed by atoms with E-state index in [0.717, 1.165) is 5.56 Å². The number of rotatable bonds is 3. The maximum absolute atomic E-state index is 9.01. The molecule has 1 aromatic heterocycles. The Hall–Kier alpha value is -2.55. The van der Waals surface area contributed by atoms with Crippen LogP contribution in [0.25, 0.3) is 11.3 Å². The molecule has 1 heterocycles. The first-order valence-electron chi connectivity index (χ1n) is 6.22. The average molecular weight is 331 g/mol. The molecule has 0 spiro atoms. The molecule has 0 saturated heterocycles. The Balaban J connectivity index is 1.91. The molecule has 7 heteroatoms.